The maximum absolute atomic E-state index is 12.1. The fourth-order valence-corrected chi connectivity index (χ4v) is 2.18. The van der Waals surface area contributed by atoms with Gasteiger partial charge in [0.1, 0.15) is 0 Å². The van der Waals surface area contributed by atoms with Crippen LogP contribution < -0.4 is 11.1 Å². The highest BCUT2D eigenvalue weighted by Crippen LogP contribution is 2.26. The van der Waals surface area contributed by atoms with Gasteiger partial charge < -0.3 is 11.1 Å². The molecule has 4 heteroatoms. The lowest BCUT2D eigenvalue weighted by atomic mass is 9.90. The molecule has 3 N–H and O–H groups in total. The highest BCUT2D eigenvalue weighted by atomic mass is 16.2. The molecule has 0 aromatic carbocycles. The van der Waals surface area contributed by atoms with Gasteiger partial charge in [0.25, 0.3) is 0 Å². The van der Waals surface area contributed by atoms with Gasteiger partial charge in [-0.25, -0.2) is 0 Å². The summed E-state index contributed by atoms with van der Waals surface area (Å²) in [5.74, 6) is 0.109. The third-order valence-corrected chi connectivity index (χ3v) is 3.31. The minimum atomic E-state index is -0.167. The Bertz CT molecular complexity index is 256. The molecule has 0 aromatic heterocycles. The van der Waals surface area contributed by atoms with E-state index in [1.165, 1.54) is 19.3 Å². The van der Waals surface area contributed by atoms with Crippen LogP contribution in [0.25, 0.3) is 0 Å². The molecule has 0 spiro atoms. The molecule has 100 valence electrons. The van der Waals surface area contributed by atoms with Crippen LogP contribution in [0.5, 0.6) is 0 Å². The lowest BCUT2D eigenvalue weighted by Crippen LogP contribution is -2.56. The number of amides is 1. The van der Waals surface area contributed by atoms with E-state index in [4.69, 9.17) is 5.73 Å². The average molecular weight is 241 g/mol. The van der Waals surface area contributed by atoms with Crippen LogP contribution in [-0.2, 0) is 4.79 Å². The molecule has 0 saturated heterocycles. The third-order valence-electron chi connectivity index (χ3n) is 3.31. The van der Waals surface area contributed by atoms with Gasteiger partial charge >= 0.3 is 0 Å². The molecule has 1 fully saturated rings. The van der Waals surface area contributed by atoms with E-state index in [0.29, 0.717) is 12.6 Å². The first-order valence-electron chi connectivity index (χ1n) is 6.63. The van der Waals surface area contributed by atoms with Gasteiger partial charge in [-0.15, -0.1) is 0 Å². The van der Waals surface area contributed by atoms with Crippen molar-refractivity contribution in [2.75, 3.05) is 13.1 Å². The van der Waals surface area contributed by atoms with Gasteiger partial charge in [0, 0.05) is 24.7 Å². The number of nitrogens with one attached hydrogen (secondary N) is 1. The second-order valence-corrected chi connectivity index (χ2v) is 6.03. The van der Waals surface area contributed by atoms with E-state index >= 15 is 0 Å². The van der Waals surface area contributed by atoms with Crippen molar-refractivity contribution in [2.24, 2.45) is 5.73 Å². The van der Waals surface area contributed by atoms with E-state index in [2.05, 4.69) is 10.2 Å². The Morgan fingerprint density at radius 1 is 1.47 bits per heavy atom. The number of nitrogens with zero attached hydrogens (tertiary/aromatic N) is 1. The van der Waals surface area contributed by atoms with Crippen LogP contribution in [0.1, 0.15) is 47.0 Å². The SMILES string of the molecule is CC(C(=O)NC(C)(C)C)N(CCN)C1CCC1. The summed E-state index contributed by atoms with van der Waals surface area (Å²) >= 11 is 0. The Morgan fingerprint density at radius 2 is 2.06 bits per heavy atom. The Kier molecular flexibility index (Phi) is 4.95. The maximum Gasteiger partial charge on any atom is 0.237 e. The van der Waals surface area contributed by atoms with E-state index in [1.54, 1.807) is 0 Å². The molecule has 1 rings (SSSR count). The predicted molar refractivity (Wildman–Crippen MR) is 70.8 cm³/mol. The Labute approximate surface area is 105 Å². The van der Waals surface area contributed by atoms with Crippen molar-refractivity contribution in [1.82, 2.24) is 10.2 Å². The minimum Gasteiger partial charge on any atom is -0.350 e. The Hall–Kier alpha value is -0.610. The number of rotatable bonds is 5. The smallest absolute Gasteiger partial charge is 0.237 e. The second kappa shape index (κ2) is 5.83. The summed E-state index contributed by atoms with van der Waals surface area (Å²) in [7, 11) is 0. The summed E-state index contributed by atoms with van der Waals surface area (Å²) in [6, 6.07) is 0.474. The van der Waals surface area contributed by atoms with Crippen molar-refractivity contribution in [3.63, 3.8) is 0 Å². The molecule has 1 unspecified atom stereocenters. The summed E-state index contributed by atoms with van der Waals surface area (Å²) in [5, 5.41) is 3.04. The molecular formula is C13H27N3O. The van der Waals surface area contributed by atoms with Gasteiger partial charge in [-0.3, -0.25) is 9.69 Å². The molecule has 0 radical (unpaired) electrons. The van der Waals surface area contributed by atoms with Crippen molar-refractivity contribution in [1.29, 1.82) is 0 Å². The third kappa shape index (κ3) is 4.28. The predicted octanol–water partition coefficient (Wildman–Crippen LogP) is 1.10. The zero-order chi connectivity index (χ0) is 13.1. The van der Waals surface area contributed by atoms with Gasteiger partial charge in [-0.05, 0) is 40.5 Å². The lowest BCUT2D eigenvalue weighted by Gasteiger charge is -2.41. The highest BCUT2D eigenvalue weighted by molar-refractivity contribution is 5.82. The van der Waals surface area contributed by atoms with Crippen LogP contribution >= 0.6 is 0 Å². The summed E-state index contributed by atoms with van der Waals surface area (Å²) in [6.07, 6.45) is 3.68. The standard InChI is InChI=1S/C13H27N3O/c1-10(12(17)15-13(2,3)4)16(9-8-14)11-6-5-7-11/h10-11H,5-9,14H2,1-4H3,(H,15,17). The average Bonchev–Trinajstić information content (AvgIpc) is 2.10. The topological polar surface area (TPSA) is 58.4 Å². The fraction of sp³-hybridized carbons (Fsp3) is 0.923. The molecule has 0 aliphatic heterocycles. The molecule has 17 heavy (non-hydrogen) atoms. The van der Waals surface area contributed by atoms with Crippen LogP contribution in [0, 0.1) is 0 Å². The summed E-state index contributed by atoms with van der Waals surface area (Å²) in [4.78, 5) is 14.4. The summed E-state index contributed by atoms with van der Waals surface area (Å²) in [6.45, 7) is 9.43. The van der Waals surface area contributed by atoms with Gasteiger partial charge in [-0.2, -0.15) is 0 Å². The largest absolute Gasteiger partial charge is 0.350 e. The molecule has 1 amide bonds. The van der Waals surface area contributed by atoms with E-state index in [1.807, 2.05) is 27.7 Å². The number of carbonyl (C=O) groups excluding carboxylic acids is 1. The first kappa shape index (κ1) is 14.5. The van der Waals surface area contributed by atoms with Crippen LogP contribution in [0.2, 0.25) is 0 Å². The maximum atomic E-state index is 12.1. The van der Waals surface area contributed by atoms with Gasteiger partial charge in [0.05, 0.1) is 6.04 Å². The molecule has 4 nitrogen and oxygen atoms in total. The molecule has 0 aromatic rings. The number of nitrogens with two attached hydrogens (primary N) is 1. The molecule has 1 aliphatic carbocycles. The molecule has 1 aliphatic rings. The van der Waals surface area contributed by atoms with Crippen molar-refractivity contribution in [3.8, 4) is 0 Å². The van der Waals surface area contributed by atoms with Gasteiger partial charge in [0.15, 0.2) is 0 Å². The van der Waals surface area contributed by atoms with E-state index in [-0.39, 0.29) is 17.5 Å². The van der Waals surface area contributed by atoms with Crippen molar-refractivity contribution >= 4 is 5.91 Å². The fourth-order valence-electron chi connectivity index (χ4n) is 2.18. The van der Waals surface area contributed by atoms with Crippen LogP contribution in [0.3, 0.4) is 0 Å². The van der Waals surface area contributed by atoms with Crippen LogP contribution in [-0.4, -0.2) is 41.5 Å². The quantitative estimate of drug-likeness (QED) is 0.758. The molecular weight excluding hydrogens is 214 g/mol. The van der Waals surface area contributed by atoms with E-state index in [9.17, 15) is 4.79 Å². The zero-order valence-corrected chi connectivity index (χ0v) is 11.6. The van der Waals surface area contributed by atoms with Gasteiger partial charge in [0.2, 0.25) is 5.91 Å². The number of hydrogen-bond donors (Lipinski definition) is 2. The molecule has 1 saturated carbocycles. The first-order valence-corrected chi connectivity index (χ1v) is 6.63. The number of hydrogen-bond acceptors (Lipinski definition) is 3. The van der Waals surface area contributed by atoms with Crippen molar-refractivity contribution in [3.05, 3.63) is 0 Å². The number of carbonyl (C=O) groups is 1. The Balaban J connectivity index is 2.56. The second-order valence-electron chi connectivity index (χ2n) is 6.03. The normalized spacial score (nSPS) is 18.9. The van der Waals surface area contributed by atoms with Crippen molar-refractivity contribution < 1.29 is 4.79 Å². The zero-order valence-electron chi connectivity index (χ0n) is 11.6. The summed E-state index contributed by atoms with van der Waals surface area (Å²) < 4.78 is 0. The highest BCUT2D eigenvalue weighted by Gasteiger charge is 2.32. The van der Waals surface area contributed by atoms with Crippen LogP contribution in [0.4, 0.5) is 0 Å². The van der Waals surface area contributed by atoms with Crippen molar-refractivity contribution in [2.45, 2.75) is 64.6 Å². The molecule has 0 bridgehead atoms. The molecule has 0 heterocycles. The lowest BCUT2D eigenvalue weighted by molar-refractivity contribution is -0.128. The van der Waals surface area contributed by atoms with E-state index in [0.717, 1.165) is 6.54 Å². The van der Waals surface area contributed by atoms with E-state index < -0.39 is 0 Å². The molecule has 1 atom stereocenters. The van der Waals surface area contributed by atoms with Gasteiger partial charge in [-0.1, -0.05) is 6.42 Å². The Morgan fingerprint density at radius 3 is 2.41 bits per heavy atom. The van der Waals surface area contributed by atoms with Crippen LogP contribution in [0.15, 0.2) is 0 Å². The monoisotopic (exact) mass is 241 g/mol. The first-order chi connectivity index (χ1) is 7.85. The minimum absolute atomic E-state index is 0.0805. The summed E-state index contributed by atoms with van der Waals surface area (Å²) in [5.41, 5.74) is 5.47.